The summed E-state index contributed by atoms with van der Waals surface area (Å²) in [6.07, 6.45) is -3.14. The van der Waals surface area contributed by atoms with Crippen LogP contribution in [0.15, 0.2) is 70.8 Å². The lowest BCUT2D eigenvalue weighted by molar-refractivity contribution is -0.140. The second-order valence-corrected chi connectivity index (χ2v) is 8.17. The maximum Gasteiger partial charge on any atom is 0.416 e. The predicted molar refractivity (Wildman–Crippen MR) is 127 cm³/mol. The van der Waals surface area contributed by atoms with Gasteiger partial charge < -0.3 is 14.1 Å². The zero-order valence-corrected chi connectivity index (χ0v) is 19.6. The van der Waals surface area contributed by atoms with E-state index in [0.717, 1.165) is 12.1 Å². The Morgan fingerprint density at radius 3 is 2.51 bits per heavy atom. The summed E-state index contributed by atoms with van der Waals surface area (Å²) in [6, 6.07) is 14.1. The molecule has 1 amide bonds. The molecule has 1 aliphatic heterocycles. The second kappa shape index (κ2) is 9.55. The summed E-state index contributed by atoms with van der Waals surface area (Å²) in [5.74, 6) is -0.812. The number of halogens is 4. The molecule has 1 fully saturated rings. The van der Waals surface area contributed by atoms with E-state index in [1.165, 1.54) is 47.3 Å². The molecule has 2 heterocycles. The molecule has 11 heteroatoms. The summed E-state index contributed by atoms with van der Waals surface area (Å²) in [4.78, 5) is 27.8. The third kappa shape index (κ3) is 5.08. The average molecular weight is 521 g/mol. The van der Waals surface area contributed by atoms with Crippen LogP contribution in [0.2, 0.25) is 5.02 Å². The number of hydrogen-bond donors (Lipinski definition) is 0. The monoisotopic (exact) mass is 520 g/mol. The van der Waals surface area contributed by atoms with Gasteiger partial charge in [-0.2, -0.15) is 13.2 Å². The number of esters is 1. The van der Waals surface area contributed by atoms with E-state index in [4.69, 9.17) is 33.0 Å². The Hall–Kier alpha value is -3.63. The van der Waals surface area contributed by atoms with Gasteiger partial charge in [0.25, 0.3) is 5.91 Å². The summed E-state index contributed by atoms with van der Waals surface area (Å²) in [7, 11) is 1.21. The Bertz CT molecular complexity index is 1340. The normalized spacial score (nSPS) is 15.3. The molecular weight excluding hydrogens is 505 g/mol. The van der Waals surface area contributed by atoms with Crippen LogP contribution in [0, 0.1) is 0 Å². The number of alkyl halides is 3. The molecule has 6 nitrogen and oxygen atoms in total. The van der Waals surface area contributed by atoms with Gasteiger partial charge in [0.05, 0.1) is 18.4 Å². The minimum Gasteiger partial charge on any atom is -0.468 e. The Labute approximate surface area is 208 Å². The molecule has 0 saturated carbocycles. The fourth-order valence-corrected chi connectivity index (χ4v) is 3.89. The molecule has 180 valence electrons. The minimum atomic E-state index is -4.50. The SMILES string of the molecule is COC(=O)CN1C(=S)N(c2ccc(Cl)cc2)C(=O)/C1=C/c1ccc(-c2cccc(C(F)(F)F)c2)o1. The van der Waals surface area contributed by atoms with Crippen molar-refractivity contribution in [2.45, 2.75) is 6.18 Å². The molecule has 0 spiro atoms. The molecule has 0 unspecified atom stereocenters. The van der Waals surface area contributed by atoms with E-state index in [1.54, 1.807) is 24.3 Å². The lowest BCUT2D eigenvalue weighted by atomic mass is 10.1. The molecule has 0 aliphatic carbocycles. The predicted octanol–water partition coefficient (Wildman–Crippen LogP) is 5.77. The molecular formula is C24H16ClF3N2O4S. The molecule has 1 aliphatic rings. The van der Waals surface area contributed by atoms with Crippen LogP contribution in [0.1, 0.15) is 11.3 Å². The largest absolute Gasteiger partial charge is 0.468 e. The van der Waals surface area contributed by atoms with E-state index in [9.17, 15) is 22.8 Å². The van der Waals surface area contributed by atoms with Crippen molar-refractivity contribution in [3.8, 4) is 11.3 Å². The molecule has 0 bridgehead atoms. The smallest absolute Gasteiger partial charge is 0.416 e. The van der Waals surface area contributed by atoms with Gasteiger partial charge in [-0.1, -0.05) is 23.7 Å². The molecule has 2 aromatic carbocycles. The van der Waals surface area contributed by atoms with Gasteiger partial charge >= 0.3 is 12.1 Å². The summed E-state index contributed by atoms with van der Waals surface area (Å²) in [5.41, 5.74) is -0.135. The maximum absolute atomic E-state index is 13.3. The third-order valence-electron chi connectivity index (χ3n) is 5.12. The first-order valence-corrected chi connectivity index (χ1v) is 10.8. The number of carbonyl (C=O) groups is 2. The van der Waals surface area contributed by atoms with E-state index < -0.39 is 23.6 Å². The number of amides is 1. The van der Waals surface area contributed by atoms with Gasteiger partial charge in [-0.25, -0.2) is 0 Å². The van der Waals surface area contributed by atoms with Crippen LogP contribution in [0.3, 0.4) is 0 Å². The fraction of sp³-hybridized carbons (Fsp3) is 0.125. The van der Waals surface area contributed by atoms with Gasteiger partial charge in [-0.3, -0.25) is 14.5 Å². The lowest BCUT2D eigenvalue weighted by Gasteiger charge is -2.19. The Balaban J connectivity index is 1.71. The first kappa shape index (κ1) is 24.5. The van der Waals surface area contributed by atoms with E-state index in [2.05, 4.69) is 0 Å². The number of thiocarbonyl (C=S) groups is 1. The van der Waals surface area contributed by atoms with E-state index in [0.29, 0.717) is 10.7 Å². The highest BCUT2D eigenvalue weighted by molar-refractivity contribution is 7.80. The number of methoxy groups -OCH3 is 1. The fourth-order valence-electron chi connectivity index (χ4n) is 3.41. The number of anilines is 1. The number of hydrogen-bond acceptors (Lipinski definition) is 5. The highest BCUT2D eigenvalue weighted by Crippen LogP contribution is 2.34. The van der Waals surface area contributed by atoms with Gasteiger partial charge in [-0.05, 0) is 60.7 Å². The number of nitrogens with zero attached hydrogens (tertiary/aromatic N) is 2. The summed E-state index contributed by atoms with van der Waals surface area (Å²) in [5, 5.41) is 0.504. The van der Waals surface area contributed by atoms with Crippen molar-refractivity contribution in [1.82, 2.24) is 4.90 Å². The van der Waals surface area contributed by atoms with Gasteiger partial charge in [-0.15, -0.1) is 0 Å². The first-order chi connectivity index (χ1) is 16.6. The molecule has 1 aromatic heterocycles. The van der Waals surface area contributed by atoms with E-state index in [-0.39, 0.29) is 34.4 Å². The third-order valence-corrected chi connectivity index (χ3v) is 5.77. The highest BCUT2D eigenvalue weighted by atomic mass is 35.5. The van der Waals surface area contributed by atoms with Crippen molar-refractivity contribution < 1.29 is 31.9 Å². The van der Waals surface area contributed by atoms with E-state index in [1.807, 2.05) is 0 Å². The summed E-state index contributed by atoms with van der Waals surface area (Å²) >= 11 is 11.4. The van der Waals surface area contributed by atoms with Crippen LogP contribution in [0.5, 0.6) is 0 Å². The summed E-state index contributed by atoms with van der Waals surface area (Å²) < 4.78 is 49.6. The van der Waals surface area contributed by atoms with Crippen LogP contribution >= 0.6 is 23.8 Å². The second-order valence-electron chi connectivity index (χ2n) is 7.37. The van der Waals surface area contributed by atoms with Gasteiger partial charge in [0.15, 0.2) is 5.11 Å². The number of carbonyl (C=O) groups excluding carboxylic acids is 2. The number of benzene rings is 2. The van der Waals surface area contributed by atoms with Crippen LogP contribution in [-0.4, -0.2) is 35.5 Å². The molecule has 1 saturated heterocycles. The Morgan fingerprint density at radius 1 is 1.14 bits per heavy atom. The minimum absolute atomic E-state index is 0.0280. The molecule has 35 heavy (non-hydrogen) atoms. The van der Waals surface area contributed by atoms with Crippen LogP contribution in [0.25, 0.3) is 17.4 Å². The quantitative estimate of drug-likeness (QED) is 0.242. The molecule has 4 rings (SSSR count). The zero-order valence-electron chi connectivity index (χ0n) is 18.0. The first-order valence-electron chi connectivity index (χ1n) is 10.1. The molecule has 0 atom stereocenters. The molecule has 0 N–H and O–H groups in total. The zero-order chi connectivity index (χ0) is 25.3. The molecule has 3 aromatic rings. The molecule has 0 radical (unpaired) electrons. The summed E-state index contributed by atoms with van der Waals surface area (Å²) in [6.45, 7) is -0.335. The van der Waals surface area contributed by atoms with Crippen LogP contribution < -0.4 is 4.90 Å². The average Bonchev–Trinajstić information content (AvgIpc) is 3.38. The van der Waals surface area contributed by atoms with E-state index >= 15 is 0 Å². The Morgan fingerprint density at radius 2 is 1.86 bits per heavy atom. The van der Waals surface area contributed by atoms with Crippen molar-refractivity contribution in [2.75, 3.05) is 18.6 Å². The van der Waals surface area contributed by atoms with Crippen molar-refractivity contribution >= 4 is 52.6 Å². The highest BCUT2D eigenvalue weighted by Gasteiger charge is 2.40. The maximum atomic E-state index is 13.3. The van der Waals surface area contributed by atoms with Gasteiger partial charge in [0, 0.05) is 16.7 Å². The van der Waals surface area contributed by atoms with Crippen molar-refractivity contribution in [3.63, 3.8) is 0 Å². The lowest BCUT2D eigenvalue weighted by Crippen LogP contribution is -2.35. The standard InChI is InChI=1S/C24H16ClF3N2O4S/c1-33-21(31)13-29-19(22(32)30(23(29)35)17-7-5-16(25)6-8-17)12-18-9-10-20(34-18)14-3-2-4-15(11-14)24(26,27)28/h2-12H,13H2,1H3/b19-12-. The number of furan rings is 1. The van der Waals surface area contributed by atoms with Crippen molar-refractivity contribution in [2.24, 2.45) is 0 Å². The topological polar surface area (TPSA) is 63.0 Å². The number of ether oxygens (including phenoxy) is 1. The van der Waals surface area contributed by atoms with Crippen molar-refractivity contribution in [3.05, 3.63) is 82.7 Å². The van der Waals surface area contributed by atoms with Crippen LogP contribution in [0.4, 0.5) is 18.9 Å². The number of rotatable bonds is 5. The van der Waals surface area contributed by atoms with Crippen molar-refractivity contribution in [1.29, 1.82) is 0 Å². The van der Waals surface area contributed by atoms with Gasteiger partial charge in [0.1, 0.15) is 23.8 Å². The van der Waals surface area contributed by atoms with Gasteiger partial charge in [0.2, 0.25) is 0 Å². The van der Waals surface area contributed by atoms with Crippen LogP contribution in [-0.2, 0) is 20.5 Å². The Kier molecular flexibility index (Phi) is 6.68.